The van der Waals surface area contributed by atoms with Crippen molar-refractivity contribution in [2.24, 2.45) is 0 Å². The van der Waals surface area contributed by atoms with Gasteiger partial charge in [0.2, 0.25) is 0 Å². The molecule has 0 amide bonds. The smallest absolute Gasteiger partial charge is 0.335 e. The standard InChI is InChI=1S/C12H15FO3/c1-3-4-5-16-11-7-9(12(14)15)6-10(13)8(11)2/h6-7H,3-5H2,1-2H3,(H,14,15). The number of rotatable bonds is 5. The van der Waals surface area contributed by atoms with Crippen LogP contribution in [-0.4, -0.2) is 17.7 Å². The molecule has 0 saturated carbocycles. The van der Waals surface area contributed by atoms with Gasteiger partial charge in [0.25, 0.3) is 0 Å². The lowest BCUT2D eigenvalue weighted by molar-refractivity contribution is 0.0695. The van der Waals surface area contributed by atoms with Crippen molar-refractivity contribution in [3.05, 3.63) is 29.1 Å². The van der Waals surface area contributed by atoms with Gasteiger partial charge in [0.15, 0.2) is 0 Å². The summed E-state index contributed by atoms with van der Waals surface area (Å²) in [6, 6.07) is 2.36. The molecule has 0 bridgehead atoms. The predicted molar refractivity (Wildman–Crippen MR) is 58.5 cm³/mol. The van der Waals surface area contributed by atoms with Crippen molar-refractivity contribution in [2.45, 2.75) is 26.7 Å². The van der Waals surface area contributed by atoms with Crippen LogP contribution < -0.4 is 4.74 Å². The first-order chi connectivity index (χ1) is 7.56. The van der Waals surface area contributed by atoms with E-state index in [1.165, 1.54) is 6.07 Å². The van der Waals surface area contributed by atoms with Crippen molar-refractivity contribution in [1.29, 1.82) is 0 Å². The van der Waals surface area contributed by atoms with E-state index in [1.807, 2.05) is 6.92 Å². The zero-order valence-electron chi connectivity index (χ0n) is 9.42. The van der Waals surface area contributed by atoms with Crippen LogP contribution in [0, 0.1) is 12.7 Å². The molecule has 0 unspecified atom stereocenters. The molecular weight excluding hydrogens is 211 g/mol. The maximum absolute atomic E-state index is 13.4. The number of carboxylic acids is 1. The summed E-state index contributed by atoms with van der Waals surface area (Å²) in [5, 5.41) is 8.77. The summed E-state index contributed by atoms with van der Waals surface area (Å²) in [6.45, 7) is 4.06. The number of carboxylic acid groups (broad SMARTS) is 1. The predicted octanol–water partition coefficient (Wildman–Crippen LogP) is 3.01. The van der Waals surface area contributed by atoms with Gasteiger partial charge in [-0.15, -0.1) is 0 Å². The monoisotopic (exact) mass is 226 g/mol. The maximum atomic E-state index is 13.4. The third-order valence-corrected chi connectivity index (χ3v) is 2.30. The third-order valence-electron chi connectivity index (χ3n) is 2.30. The van der Waals surface area contributed by atoms with Crippen LogP contribution in [0.1, 0.15) is 35.7 Å². The molecule has 88 valence electrons. The highest BCUT2D eigenvalue weighted by molar-refractivity contribution is 5.88. The largest absolute Gasteiger partial charge is 0.493 e. The molecule has 16 heavy (non-hydrogen) atoms. The SMILES string of the molecule is CCCCOc1cc(C(=O)O)cc(F)c1C. The molecule has 1 rings (SSSR count). The van der Waals surface area contributed by atoms with Crippen molar-refractivity contribution in [1.82, 2.24) is 0 Å². The normalized spacial score (nSPS) is 10.2. The minimum absolute atomic E-state index is 0.0883. The number of aromatic carboxylic acids is 1. The Hall–Kier alpha value is -1.58. The minimum atomic E-state index is -1.15. The topological polar surface area (TPSA) is 46.5 Å². The van der Waals surface area contributed by atoms with E-state index in [0.29, 0.717) is 17.9 Å². The molecule has 1 aromatic rings. The summed E-state index contributed by atoms with van der Waals surface area (Å²) < 4.78 is 18.7. The Bertz CT molecular complexity index is 388. The van der Waals surface area contributed by atoms with E-state index in [0.717, 1.165) is 18.9 Å². The highest BCUT2D eigenvalue weighted by Crippen LogP contribution is 2.23. The van der Waals surface area contributed by atoms with E-state index < -0.39 is 11.8 Å². The lowest BCUT2D eigenvalue weighted by Crippen LogP contribution is -2.03. The molecule has 4 heteroatoms. The second-order valence-corrected chi connectivity index (χ2v) is 3.59. The van der Waals surface area contributed by atoms with Crippen LogP contribution in [0.4, 0.5) is 4.39 Å². The van der Waals surface area contributed by atoms with Crippen molar-refractivity contribution in [2.75, 3.05) is 6.61 Å². The van der Waals surface area contributed by atoms with Gasteiger partial charge in [0, 0.05) is 5.56 Å². The lowest BCUT2D eigenvalue weighted by Gasteiger charge is -2.10. The van der Waals surface area contributed by atoms with E-state index in [4.69, 9.17) is 9.84 Å². The molecule has 0 aliphatic carbocycles. The van der Waals surface area contributed by atoms with Crippen LogP contribution in [0.15, 0.2) is 12.1 Å². The quantitative estimate of drug-likeness (QED) is 0.785. The Morgan fingerprint density at radius 1 is 1.50 bits per heavy atom. The van der Waals surface area contributed by atoms with Crippen LogP contribution in [-0.2, 0) is 0 Å². The molecule has 0 saturated heterocycles. The first kappa shape index (κ1) is 12.5. The average Bonchev–Trinajstić information content (AvgIpc) is 2.24. The second kappa shape index (κ2) is 5.49. The van der Waals surface area contributed by atoms with Gasteiger partial charge in [-0.2, -0.15) is 0 Å². The molecule has 0 heterocycles. The van der Waals surface area contributed by atoms with Crippen molar-refractivity contribution < 1.29 is 19.0 Å². The summed E-state index contributed by atoms with van der Waals surface area (Å²) in [5.41, 5.74) is 0.260. The zero-order chi connectivity index (χ0) is 12.1. The van der Waals surface area contributed by atoms with E-state index in [1.54, 1.807) is 6.92 Å². The van der Waals surface area contributed by atoms with E-state index in [-0.39, 0.29) is 5.56 Å². The van der Waals surface area contributed by atoms with Crippen LogP contribution in [0.25, 0.3) is 0 Å². The van der Waals surface area contributed by atoms with Crippen LogP contribution in [0.2, 0.25) is 0 Å². The van der Waals surface area contributed by atoms with E-state index >= 15 is 0 Å². The fourth-order valence-corrected chi connectivity index (χ4v) is 1.25. The van der Waals surface area contributed by atoms with Crippen LogP contribution in [0.5, 0.6) is 5.75 Å². The van der Waals surface area contributed by atoms with Gasteiger partial charge in [-0.1, -0.05) is 13.3 Å². The van der Waals surface area contributed by atoms with Gasteiger partial charge in [0.05, 0.1) is 12.2 Å². The molecule has 0 radical (unpaired) electrons. The summed E-state index contributed by atoms with van der Waals surface area (Å²) in [6.07, 6.45) is 1.83. The van der Waals surface area contributed by atoms with Crippen LogP contribution >= 0.6 is 0 Å². The second-order valence-electron chi connectivity index (χ2n) is 3.59. The first-order valence-corrected chi connectivity index (χ1v) is 5.22. The molecule has 0 spiro atoms. The van der Waals surface area contributed by atoms with Gasteiger partial charge in [0.1, 0.15) is 11.6 Å². The summed E-state index contributed by atoms with van der Waals surface area (Å²) >= 11 is 0. The molecule has 0 fully saturated rings. The average molecular weight is 226 g/mol. The molecule has 3 nitrogen and oxygen atoms in total. The Morgan fingerprint density at radius 2 is 2.19 bits per heavy atom. The van der Waals surface area contributed by atoms with Gasteiger partial charge < -0.3 is 9.84 Å². The minimum Gasteiger partial charge on any atom is -0.493 e. The molecule has 1 N–H and O–H groups in total. The van der Waals surface area contributed by atoms with Crippen molar-refractivity contribution >= 4 is 5.97 Å². The maximum Gasteiger partial charge on any atom is 0.335 e. The number of hydrogen-bond acceptors (Lipinski definition) is 2. The fourth-order valence-electron chi connectivity index (χ4n) is 1.25. The Labute approximate surface area is 93.9 Å². The molecule has 1 aromatic carbocycles. The number of benzene rings is 1. The van der Waals surface area contributed by atoms with Crippen LogP contribution in [0.3, 0.4) is 0 Å². The number of hydrogen-bond donors (Lipinski definition) is 1. The number of halogens is 1. The number of carbonyl (C=O) groups is 1. The van der Waals surface area contributed by atoms with E-state index in [9.17, 15) is 9.18 Å². The van der Waals surface area contributed by atoms with Gasteiger partial charge in [-0.25, -0.2) is 9.18 Å². The summed E-state index contributed by atoms with van der Waals surface area (Å²) in [5.74, 6) is -1.39. The first-order valence-electron chi connectivity index (χ1n) is 5.22. The molecule has 0 atom stereocenters. The molecule has 0 aliphatic rings. The molecule has 0 aromatic heterocycles. The van der Waals surface area contributed by atoms with Gasteiger partial charge >= 0.3 is 5.97 Å². The highest BCUT2D eigenvalue weighted by atomic mass is 19.1. The van der Waals surface area contributed by atoms with E-state index in [2.05, 4.69) is 0 Å². The Kier molecular flexibility index (Phi) is 4.28. The Morgan fingerprint density at radius 3 is 2.75 bits per heavy atom. The summed E-state index contributed by atoms with van der Waals surface area (Å²) in [4.78, 5) is 10.7. The third kappa shape index (κ3) is 2.95. The zero-order valence-corrected chi connectivity index (χ0v) is 9.42. The molecule has 0 aliphatic heterocycles. The fraction of sp³-hybridized carbons (Fsp3) is 0.417. The summed E-state index contributed by atoms with van der Waals surface area (Å²) in [7, 11) is 0. The van der Waals surface area contributed by atoms with Gasteiger partial charge in [-0.3, -0.25) is 0 Å². The van der Waals surface area contributed by atoms with Crippen molar-refractivity contribution in [3.8, 4) is 5.75 Å². The Balaban J connectivity index is 2.93. The number of unbranched alkanes of at least 4 members (excludes halogenated alkanes) is 1. The highest BCUT2D eigenvalue weighted by Gasteiger charge is 2.12. The van der Waals surface area contributed by atoms with Gasteiger partial charge in [-0.05, 0) is 25.5 Å². The lowest BCUT2D eigenvalue weighted by atomic mass is 10.1. The number of ether oxygens (including phenoxy) is 1. The molecular formula is C12H15FO3. The van der Waals surface area contributed by atoms with Crippen molar-refractivity contribution in [3.63, 3.8) is 0 Å².